The summed E-state index contributed by atoms with van der Waals surface area (Å²) in [6.45, 7) is 1.29. The molecule has 25 heavy (non-hydrogen) atoms. The van der Waals surface area contributed by atoms with Gasteiger partial charge in [-0.25, -0.2) is 4.79 Å². The number of benzene rings is 1. The number of aromatic amines is 1. The van der Waals surface area contributed by atoms with Crippen LogP contribution < -0.4 is 10.9 Å². The average Bonchev–Trinajstić information content (AvgIpc) is 3.14. The van der Waals surface area contributed by atoms with Crippen molar-refractivity contribution in [1.82, 2.24) is 10.3 Å². The third kappa shape index (κ3) is 3.77. The van der Waals surface area contributed by atoms with Gasteiger partial charge in [0, 0.05) is 5.39 Å². The average molecular weight is 340 g/mol. The molecule has 1 amide bonds. The summed E-state index contributed by atoms with van der Waals surface area (Å²) in [6, 6.07) is 11.5. The molecule has 2 aromatic heterocycles. The Hall–Kier alpha value is -3.35. The highest BCUT2D eigenvalue weighted by molar-refractivity contribution is 5.94. The molecular weight excluding hydrogens is 324 g/mol. The first kappa shape index (κ1) is 16.5. The van der Waals surface area contributed by atoms with Crippen LogP contribution >= 0.6 is 0 Å². The SMILES string of the molecule is C[C@H](NC(=O)COC(=O)c1cc2ccccc2c(=O)[nH]1)c1ccco1. The fraction of sp³-hybridized carbons (Fsp3) is 0.167. The van der Waals surface area contributed by atoms with Crippen LogP contribution in [-0.2, 0) is 9.53 Å². The van der Waals surface area contributed by atoms with Crippen molar-refractivity contribution in [1.29, 1.82) is 0 Å². The van der Waals surface area contributed by atoms with E-state index in [1.165, 1.54) is 12.3 Å². The Bertz CT molecular complexity index is 959. The van der Waals surface area contributed by atoms with E-state index >= 15 is 0 Å². The second-order valence-corrected chi connectivity index (χ2v) is 5.48. The van der Waals surface area contributed by atoms with Gasteiger partial charge < -0.3 is 19.5 Å². The van der Waals surface area contributed by atoms with Gasteiger partial charge in [-0.05, 0) is 36.6 Å². The fourth-order valence-corrected chi connectivity index (χ4v) is 2.42. The molecule has 3 rings (SSSR count). The van der Waals surface area contributed by atoms with E-state index in [2.05, 4.69) is 10.3 Å². The molecule has 0 radical (unpaired) electrons. The Labute approximate surface area is 142 Å². The zero-order valence-electron chi connectivity index (χ0n) is 13.4. The number of fused-ring (bicyclic) bond motifs is 1. The number of amides is 1. The molecule has 1 atom stereocenters. The van der Waals surface area contributed by atoms with Gasteiger partial charge in [-0.15, -0.1) is 0 Å². The van der Waals surface area contributed by atoms with E-state index in [1.54, 1.807) is 43.3 Å². The van der Waals surface area contributed by atoms with Gasteiger partial charge in [0.1, 0.15) is 11.5 Å². The summed E-state index contributed by atoms with van der Waals surface area (Å²) in [7, 11) is 0. The Morgan fingerprint density at radius 2 is 2.04 bits per heavy atom. The van der Waals surface area contributed by atoms with Crippen LogP contribution in [0.15, 0.2) is 57.9 Å². The monoisotopic (exact) mass is 340 g/mol. The molecule has 0 aliphatic carbocycles. The van der Waals surface area contributed by atoms with Gasteiger partial charge in [-0.2, -0.15) is 0 Å². The molecule has 0 aliphatic rings. The van der Waals surface area contributed by atoms with E-state index in [9.17, 15) is 14.4 Å². The van der Waals surface area contributed by atoms with Gasteiger partial charge in [0.05, 0.1) is 12.3 Å². The van der Waals surface area contributed by atoms with Crippen molar-refractivity contribution in [2.24, 2.45) is 0 Å². The van der Waals surface area contributed by atoms with Gasteiger partial charge in [0.15, 0.2) is 6.61 Å². The molecule has 1 aromatic carbocycles. The van der Waals surface area contributed by atoms with Gasteiger partial charge in [-0.3, -0.25) is 9.59 Å². The Balaban J connectivity index is 1.62. The molecule has 0 spiro atoms. The lowest BCUT2D eigenvalue weighted by molar-refractivity contribution is -0.125. The van der Waals surface area contributed by atoms with Gasteiger partial charge in [0.2, 0.25) is 0 Å². The number of nitrogens with one attached hydrogen (secondary N) is 2. The fourth-order valence-electron chi connectivity index (χ4n) is 2.42. The van der Waals surface area contributed by atoms with Crippen LogP contribution in [0.4, 0.5) is 0 Å². The Kier molecular flexibility index (Phi) is 4.65. The minimum atomic E-state index is -0.774. The first-order valence-electron chi connectivity index (χ1n) is 7.66. The molecule has 0 aliphatic heterocycles. The van der Waals surface area contributed by atoms with Crippen molar-refractivity contribution in [3.05, 3.63) is 70.5 Å². The van der Waals surface area contributed by atoms with Crippen LogP contribution in [0.3, 0.4) is 0 Å². The first-order valence-corrected chi connectivity index (χ1v) is 7.66. The highest BCUT2D eigenvalue weighted by Gasteiger charge is 2.15. The predicted octanol–water partition coefficient (Wildman–Crippen LogP) is 2.16. The number of ether oxygens (including phenoxy) is 1. The molecule has 0 fully saturated rings. The Morgan fingerprint density at radius 1 is 1.24 bits per heavy atom. The summed E-state index contributed by atoms with van der Waals surface area (Å²) < 4.78 is 10.1. The molecule has 2 N–H and O–H groups in total. The number of furan rings is 1. The molecule has 7 nitrogen and oxygen atoms in total. The largest absolute Gasteiger partial charge is 0.467 e. The number of carbonyl (C=O) groups is 2. The maximum absolute atomic E-state index is 12.1. The number of H-pyrrole nitrogens is 1. The third-order valence-electron chi connectivity index (χ3n) is 3.66. The summed E-state index contributed by atoms with van der Waals surface area (Å²) in [5, 5.41) is 3.74. The van der Waals surface area contributed by atoms with Crippen molar-refractivity contribution in [2.45, 2.75) is 13.0 Å². The number of aromatic nitrogens is 1. The van der Waals surface area contributed by atoms with Crippen molar-refractivity contribution in [2.75, 3.05) is 6.61 Å². The smallest absolute Gasteiger partial charge is 0.355 e. The third-order valence-corrected chi connectivity index (χ3v) is 3.66. The molecule has 0 bridgehead atoms. The highest BCUT2D eigenvalue weighted by atomic mass is 16.5. The van der Waals surface area contributed by atoms with Gasteiger partial charge in [0.25, 0.3) is 11.5 Å². The standard InChI is InChI=1S/C18H16N2O5/c1-11(15-7-4-8-24-15)19-16(21)10-25-18(23)14-9-12-5-2-3-6-13(12)17(22)20-14/h2-9,11H,10H2,1H3,(H,19,21)(H,20,22)/t11-/m0/s1. The van der Waals surface area contributed by atoms with Crippen molar-refractivity contribution in [3.63, 3.8) is 0 Å². The zero-order valence-corrected chi connectivity index (χ0v) is 13.4. The highest BCUT2D eigenvalue weighted by Crippen LogP contribution is 2.12. The maximum atomic E-state index is 12.1. The van der Waals surface area contributed by atoms with Gasteiger partial charge >= 0.3 is 5.97 Å². The van der Waals surface area contributed by atoms with E-state index < -0.39 is 18.5 Å². The number of rotatable bonds is 5. The molecule has 0 saturated carbocycles. The van der Waals surface area contributed by atoms with E-state index in [4.69, 9.17) is 9.15 Å². The molecule has 128 valence electrons. The van der Waals surface area contributed by atoms with Crippen molar-refractivity contribution >= 4 is 22.6 Å². The molecule has 0 unspecified atom stereocenters. The number of esters is 1. The first-order chi connectivity index (χ1) is 12.0. The van der Waals surface area contributed by atoms with E-state index in [0.717, 1.165) is 0 Å². The number of carbonyl (C=O) groups excluding carboxylic acids is 2. The number of hydrogen-bond donors (Lipinski definition) is 2. The normalized spacial score (nSPS) is 11.9. The van der Waals surface area contributed by atoms with E-state index in [-0.39, 0.29) is 17.3 Å². The van der Waals surface area contributed by atoms with Crippen molar-refractivity contribution < 1.29 is 18.7 Å². The molecular formula is C18H16N2O5. The van der Waals surface area contributed by atoms with Crippen molar-refractivity contribution in [3.8, 4) is 0 Å². The van der Waals surface area contributed by atoms with Crippen LogP contribution in [0.5, 0.6) is 0 Å². The summed E-state index contributed by atoms with van der Waals surface area (Å²) in [5.74, 6) is -0.650. The molecule has 2 heterocycles. The van der Waals surface area contributed by atoms with Crippen LogP contribution in [0, 0.1) is 0 Å². The molecule has 3 aromatic rings. The van der Waals surface area contributed by atoms with Crippen LogP contribution in [0.25, 0.3) is 10.8 Å². The summed E-state index contributed by atoms with van der Waals surface area (Å²) >= 11 is 0. The van der Waals surface area contributed by atoms with E-state index in [0.29, 0.717) is 16.5 Å². The van der Waals surface area contributed by atoms with Crippen LogP contribution in [0.2, 0.25) is 0 Å². The molecule has 7 heteroatoms. The number of hydrogen-bond acceptors (Lipinski definition) is 5. The van der Waals surface area contributed by atoms with E-state index in [1.807, 2.05) is 0 Å². The second kappa shape index (κ2) is 7.04. The molecule has 0 saturated heterocycles. The van der Waals surface area contributed by atoms with Crippen LogP contribution in [-0.4, -0.2) is 23.5 Å². The topological polar surface area (TPSA) is 101 Å². The quantitative estimate of drug-likeness (QED) is 0.693. The predicted molar refractivity (Wildman–Crippen MR) is 90.1 cm³/mol. The van der Waals surface area contributed by atoms with Crippen LogP contribution in [0.1, 0.15) is 29.2 Å². The lowest BCUT2D eigenvalue weighted by Crippen LogP contribution is -2.31. The Morgan fingerprint density at radius 3 is 2.80 bits per heavy atom. The lowest BCUT2D eigenvalue weighted by Gasteiger charge is -2.11. The lowest BCUT2D eigenvalue weighted by atomic mass is 10.1. The summed E-state index contributed by atoms with van der Waals surface area (Å²) in [5.41, 5.74) is -0.392. The maximum Gasteiger partial charge on any atom is 0.355 e. The minimum absolute atomic E-state index is 0.00409. The summed E-state index contributed by atoms with van der Waals surface area (Å²) in [6.07, 6.45) is 1.51. The minimum Gasteiger partial charge on any atom is -0.467 e. The summed E-state index contributed by atoms with van der Waals surface area (Å²) in [4.78, 5) is 38.4. The van der Waals surface area contributed by atoms with Gasteiger partial charge in [-0.1, -0.05) is 18.2 Å². The number of pyridine rings is 1. The zero-order chi connectivity index (χ0) is 17.8. The second-order valence-electron chi connectivity index (χ2n) is 5.48.